The molecular weight excluding hydrogens is 264 g/mol. The van der Waals surface area contributed by atoms with Crippen molar-refractivity contribution in [1.82, 2.24) is 9.80 Å². The van der Waals surface area contributed by atoms with E-state index in [9.17, 15) is 0 Å². The Morgan fingerprint density at radius 1 is 1.28 bits per heavy atom. The van der Waals surface area contributed by atoms with Crippen LogP contribution in [0.15, 0.2) is 4.99 Å². The molecule has 0 radical (unpaired) electrons. The molecule has 0 aromatic rings. The zero-order chi connectivity index (χ0) is 13.0. The molecule has 1 unspecified atom stereocenters. The van der Waals surface area contributed by atoms with Crippen molar-refractivity contribution >= 4 is 29.5 Å². The van der Waals surface area contributed by atoms with Crippen molar-refractivity contribution in [1.29, 1.82) is 0 Å². The van der Waals surface area contributed by atoms with E-state index in [1.165, 1.54) is 29.4 Å². The van der Waals surface area contributed by atoms with Gasteiger partial charge in [-0.05, 0) is 26.3 Å². The smallest absolute Gasteiger partial charge is 0.191 e. The molecule has 2 fully saturated rings. The van der Waals surface area contributed by atoms with Gasteiger partial charge < -0.3 is 15.5 Å². The van der Waals surface area contributed by atoms with Crippen LogP contribution in [0.1, 0.15) is 6.42 Å². The molecule has 1 atom stereocenters. The molecule has 0 aromatic heterocycles. The second-order valence-corrected chi connectivity index (χ2v) is 7.53. The van der Waals surface area contributed by atoms with Crippen molar-refractivity contribution in [3.8, 4) is 0 Å². The van der Waals surface area contributed by atoms with Gasteiger partial charge in [0, 0.05) is 35.9 Å². The molecular formula is C12H24N4S2. The Morgan fingerprint density at radius 2 is 2.00 bits per heavy atom. The van der Waals surface area contributed by atoms with Gasteiger partial charge in [-0.1, -0.05) is 0 Å². The first-order valence-corrected chi connectivity index (χ1v) is 8.83. The van der Waals surface area contributed by atoms with Gasteiger partial charge in [-0.3, -0.25) is 4.99 Å². The molecule has 2 rings (SSSR count). The Balaban J connectivity index is 1.95. The monoisotopic (exact) mass is 288 g/mol. The number of guanidine groups is 1. The third kappa shape index (κ3) is 3.27. The lowest BCUT2D eigenvalue weighted by Gasteiger charge is -2.35. The highest BCUT2D eigenvalue weighted by molar-refractivity contribution is 7.99. The van der Waals surface area contributed by atoms with Crippen molar-refractivity contribution in [3.05, 3.63) is 0 Å². The maximum atomic E-state index is 6.13. The van der Waals surface area contributed by atoms with Crippen molar-refractivity contribution in [2.45, 2.75) is 12.0 Å². The van der Waals surface area contributed by atoms with Gasteiger partial charge in [0.05, 0.1) is 6.54 Å². The van der Waals surface area contributed by atoms with Crippen LogP contribution >= 0.6 is 23.5 Å². The van der Waals surface area contributed by atoms with Crippen molar-refractivity contribution in [3.63, 3.8) is 0 Å². The molecule has 0 bridgehead atoms. The van der Waals surface area contributed by atoms with E-state index in [0.717, 1.165) is 25.6 Å². The Morgan fingerprint density at radius 3 is 2.56 bits per heavy atom. The lowest BCUT2D eigenvalue weighted by atomic mass is 9.98. The molecule has 0 aliphatic carbocycles. The minimum atomic E-state index is 0.222. The van der Waals surface area contributed by atoms with E-state index >= 15 is 0 Å². The van der Waals surface area contributed by atoms with Crippen molar-refractivity contribution < 1.29 is 0 Å². The SMILES string of the molecule is CN(C)C1(CN=C(N)N2CCSCC2)CCSC1. The van der Waals surface area contributed by atoms with Crippen molar-refractivity contribution in [2.75, 3.05) is 56.7 Å². The predicted molar refractivity (Wildman–Crippen MR) is 83.7 cm³/mol. The Bertz CT molecular complexity index is 294. The van der Waals surface area contributed by atoms with Crippen LogP contribution in [0, 0.1) is 0 Å². The van der Waals surface area contributed by atoms with Crippen LogP contribution in [0.25, 0.3) is 0 Å². The number of likely N-dealkylation sites (N-methyl/N-ethyl adjacent to an activating group) is 1. The van der Waals surface area contributed by atoms with Gasteiger partial charge in [-0.15, -0.1) is 0 Å². The summed E-state index contributed by atoms with van der Waals surface area (Å²) in [6, 6.07) is 0. The highest BCUT2D eigenvalue weighted by Crippen LogP contribution is 2.32. The summed E-state index contributed by atoms with van der Waals surface area (Å²) in [4.78, 5) is 9.23. The Hall–Kier alpha value is -0.0700. The summed E-state index contributed by atoms with van der Waals surface area (Å²) in [6.07, 6.45) is 1.22. The topological polar surface area (TPSA) is 44.9 Å². The number of hydrogen-bond donors (Lipinski definition) is 1. The molecule has 2 aliphatic heterocycles. The number of aliphatic imine (C=N–C) groups is 1. The largest absolute Gasteiger partial charge is 0.370 e. The lowest BCUT2D eigenvalue weighted by Crippen LogP contribution is -2.49. The summed E-state index contributed by atoms with van der Waals surface area (Å²) in [7, 11) is 4.32. The van der Waals surface area contributed by atoms with Crippen LogP contribution < -0.4 is 5.73 Å². The normalized spacial score (nSPS) is 30.2. The van der Waals surface area contributed by atoms with E-state index in [1.807, 2.05) is 23.5 Å². The first-order valence-electron chi connectivity index (χ1n) is 6.52. The molecule has 4 nitrogen and oxygen atoms in total. The standard InChI is InChI=1S/C12H24N4S2/c1-15(2)12(3-6-18-10-12)9-14-11(13)16-4-7-17-8-5-16/h3-10H2,1-2H3,(H2,13,14). The van der Waals surface area contributed by atoms with E-state index in [0.29, 0.717) is 0 Å². The first-order chi connectivity index (χ1) is 8.64. The number of hydrogen-bond acceptors (Lipinski definition) is 4. The quantitative estimate of drug-likeness (QED) is 0.614. The summed E-state index contributed by atoms with van der Waals surface area (Å²) >= 11 is 4.03. The number of nitrogens with two attached hydrogens (primary N) is 1. The highest BCUT2D eigenvalue weighted by atomic mass is 32.2. The first kappa shape index (κ1) is 14.3. The zero-order valence-corrected chi connectivity index (χ0v) is 13.0. The van der Waals surface area contributed by atoms with Crippen LogP contribution in [0.4, 0.5) is 0 Å². The fourth-order valence-electron chi connectivity index (χ4n) is 2.34. The van der Waals surface area contributed by atoms with E-state index < -0.39 is 0 Å². The van der Waals surface area contributed by atoms with E-state index in [-0.39, 0.29) is 5.54 Å². The van der Waals surface area contributed by atoms with Crippen LogP contribution in [0.3, 0.4) is 0 Å². The summed E-state index contributed by atoms with van der Waals surface area (Å²) in [5.41, 5.74) is 6.35. The zero-order valence-electron chi connectivity index (χ0n) is 11.4. The molecule has 6 heteroatoms. The average Bonchev–Trinajstić information content (AvgIpc) is 2.87. The van der Waals surface area contributed by atoms with Gasteiger partial charge >= 0.3 is 0 Å². The lowest BCUT2D eigenvalue weighted by molar-refractivity contribution is 0.189. The van der Waals surface area contributed by atoms with Gasteiger partial charge in [0.15, 0.2) is 5.96 Å². The predicted octanol–water partition coefficient (Wildman–Crippen LogP) is 0.787. The molecule has 18 heavy (non-hydrogen) atoms. The van der Waals surface area contributed by atoms with Gasteiger partial charge in [0.1, 0.15) is 0 Å². The second-order valence-electron chi connectivity index (χ2n) is 5.20. The van der Waals surface area contributed by atoms with E-state index in [1.54, 1.807) is 0 Å². The fraction of sp³-hybridized carbons (Fsp3) is 0.917. The number of nitrogens with zero attached hydrogens (tertiary/aromatic N) is 3. The van der Waals surface area contributed by atoms with Crippen molar-refractivity contribution in [2.24, 2.45) is 10.7 Å². The summed E-state index contributed by atoms with van der Waals surface area (Å²) < 4.78 is 0. The molecule has 2 N–H and O–H groups in total. The molecule has 0 amide bonds. The third-order valence-electron chi connectivity index (χ3n) is 3.90. The van der Waals surface area contributed by atoms with Gasteiger partial charge in [0.25, 0.3) is 0 Å². The van der Waals surface area contributed by atoms with Gasteiger partial charge in [-0.25, -0.2) is 0 Å². The maximum absolute atomic E-state index is 6.13. The number of rotatable bonds is 3. The molecule has 2 aliphatic rings. The third-order valence-corrected chi connectivity index (χ3v) is 6.08. The summed E-state index contributed by atoms with van der Waals surface area (Å²) in [6.45, 7) is 2.93. The number of thioether (sulfide) groups is 2. The summed E-state index contributed by atoms with van der Waals surface area (Å²) in [5, 5.41) is 0. The molecule has 2 heterocycles. The Kier molecular flexibility index (Phi) is 5.09. The van der Waals surface area contributed by atoms with E-state index in [4.69, 9.17) is 5.73 Å². The van der Waals surface area contributed by atoms with Crippen LogP contribution in [-0.2, 0) is 0 Å². The summed E-state index contributed by atoms with van der Waals surface area (Å²) in [5.74, 6) is 5.50. The minimum Gasteiger partial charge on any atom is -0.370 e. The minimum absolute atomic E-state index is 0.222. The molecule has 104 valence electrons. The van der Waals surface area contributed by atoms with Crippen LogP contribution in [-0.4, -0.2) is 78.0 Å². The van der Waals surface area contributed by atoms with Gasteiger partial charge in [0.2, 0.25) is 0 Å². The molecule has 2 saturated heterocycles. The fourth-order valence-corrected chi connectivity index (χ4v) is 4.78. The average molecular weight is 288 g/mol. The molecule has 0 saturated carbocycles. The van der Waals surface area contributed by atoms with Crippen LogP contribution in [0.2, 0.25) is 0 Å². The Labute approximate surface area is 119 Å². The van der Waals surface area contributed by atoms with E-state index in [2.05, 4.69) is 28.9 Å². The molecule has 0 spiro atoms. The molecule has 0 aromatic carbocycles. The van der Waals surface area contributed by atoms with Gasteiger partial charge in [-0.2, -0.15) is 23.5 Å². The second kappa shape index (κ2) is 6.39. The van der Waals surface area contributed by atoms with Crippen LogP contribution in [0.5, 0.6) is 0 Å². The highest BCUT2D eigenvalue weighted by Gasteiger charge is 2.36. The maximum Gasteiger partial charge on any atom is 0.191 e.